The van der Waals surface area contributed by atoms with Crippen molar-refractivity contribution in [1.82, 2.24) is 25.2 Å². The standard InChI is InChI=1S/C25H28F4N6O/c1-16-6-7-17(20(26)10-16)14-32-22-12-21(24(36)31-8-4-5-9-35(2)3)33-23(34-22)18-11-19(15-30-13-18)25(27,28)29/h6-7,10-13,15H,4-5,8-9,14H2,1-3H3,(H,31,36)(H,32,33,34). The highest BCUT2D eigenvalue weighted by Crippen LogP contribution is 2.31. The number of hydrogen-bond donors (Lipinski definition) is 2. The second kappa shape index (κ2) is 11.9. The summed E-state index contributed by atoms with van der Waals surface area (Å²) in [6.45, 7) is 3.11. The number of aryl methyl sites for hydroxylation is 1. The Kier molecular flexibility index (Phi) is 8.92. The number of unbranched alkanes of at least 4 members (excludes halogenated alkanes) is 1. The van der Waals surface area contributed by atoms with E-state index < -0.39 is 23.5 Å². The molecular formula is C25H28F4N6O. The SMILES string of the molecule is Cc1ccc(CNc2cc(C(=O)NCCCCN(C)C)nc(-c3cncc(C(F)(F)F)c3)n2)c(F)c1. The van der Waals surface area contributed by atoms with Crippen LogP contribution in [0.2, 0.25) is 0 Å². The molecule has 192 valence electrons. The lowest BCUT2D eigenvalue weighted by atomic mass is 10.1. The van der Waals surface area contributed by atoms with Crippen molar-refractivity contribution in [3.05, 3.63) is 70.9 Å². The summed E-state index contributed by atoms with van der Waals surface area (Å²) in [7, 11) is 3.92. The maximum Gasteiger partial charge on any atom is 0.417 e. The van der Waals surface area contributed by atoms with E-state index >= 15 is 0 Å². The Morgan fingerprint density at radius 2 is 1.83 bits per heavy atom. The fourth-order valence-corrected chi connectivity index (χ4v) is 3.33. The highest BCUT2D eigenvalue weighted by atomic mass is 19.4. The zero-order chi connectivity index (χ0) is 26.3. The Bertz CT molecular complexity index is 1200. The molecule has 2 heterocycles. The van der Waals surface area contributed by atoms with Gasteiger partial charge in [-0.15, -0.1) is 0 Å². The number of carbonyl (C=O) groups excluding carboxylic acids is 1. The number of halogens is 4. The molecule has 0 aliphatic carbocycles. The van der Waals surface area contributed by atoms with Crippen LogP contribution < -0.4 is 10.6 Å². The van der Waals surface area contributed by atoms with Crippen molar-refractivity contribution >= 4 is 11.7 Å². The van der Waals surface area contributed by atoms with Gasteiger partial charge in [0.15, 0.2) is 5.82 Å². The van der Waals surface area contributed by atoms with Crippen LogP contribution in [0.5, 0.6) is 0 Å². The Balaban J connectivity index is 1.86. The zero-order valence-electron chi connectivity index (χ0n) is 20.3. The predicted octanol–water partition coefficient (Wildman–Crippen LogP) is 4.69. The van der Waals surface area contributed by atoms with Gasteiger partial charge in [-0.3, -0.25) is 9.78 Å². The van der Waals surface area contributed by atoms with Gasteiger partial charge in [-0.2, -0.15) is 13.2 Å². The number of pyridine rings is 1. The predicted molar refractivity (Wildman–Crippen MR) is 129 cm³/mol. The van der Waals surface area contributed by atoms with Crippen LogP contribution in [0, 0.1) is 12.7 Å². The van der Waals surface area contributed by atoms with Crippen molar-refractivity contribution in [1.29, 1.82) is 0 Å². The summed E-state index contributed by atoms with van der Waals surface area (Å²) in [6, 6.07) is 7.03. The first-order valence-electron chi connectivity index (χ1n) is 11.4. The molecule has 0 spiro atoms. The van der Waals surface area contributed by atoms with Crippen LogP contribution in [-0.2, 0) is 12.7 Å². The molecule has 3 rings (SSSR count). The Morgan fingerprint density at radius 1 is 1.06 bits per heavy atom. The van der Waals surface area contributed by atoms with Crippen LogP contribution in [-0.4, -0.2) is 52.9 Å². The third-order valence-corrected chi connectivity index (χ3v) is 5.27. The first-order chi connectivity index (χ1) is 17.0. The minimum absolute atomic E-state index is 0.00461. The van der Waals surface area contributed by atoms with Gasteiger partial charge in [-0.1, -0.05) is 12.1 Å². The summed E-state index contributed by atoms with van der Waals surface area (Å²) >= 11 is 0. The molecule has 0 fully saturated rings. The second-order valence-corrected chi connectivity index (χ2v) is 8.64. The number of nitrogens with zero attached hydrogens (tertiary/aromatic N) is 4. The quantitative estimate of drug-likeness (QED) is 0.308. The van der Waals surface area contributed by atoms with Crippen molar-refractivity contribution in [3.63, 3.8) is 0 Å². The van der Waals surface area contributed by atoms with E-state index in [0.717, 1.165) is 31.0 Å². The number of amides is 1. The number of benzene rings is 1. The molecule has 1 amide bonds. The molecule has 0 saturated heterocycles. The van der Waals surface area contributed by atoms with Crippen molar-refractivity contribution in [2.45, 2.75) is 32.5 Å². The van der Waals surface area contributed by atoms with Crippen molar-refractivity contribution < 1.29 is 22.4 Å². The van der Waals surface area contributed by atoms with Gasteiger partial charge < -0.3 is 15.5 Å². The Labute approximate surface area is 207 Å². The molecule has 7 nitrogen and oxygen atoms in total. The molecule has 3 aromatic rings. The molecule has 0 aliphatic heterocycles. The van der Waals surface area contributed by atoms with Gasteiger partial charge in [0.2, 0.25) is 0 Å². The van der Waals surface area contributed by atoms with Crippen molar-refractivity contribution in [3.8, 4) is 11.4 Å². The Hall–Kier alpha value is -3.60. The van der Waals surface area contributed by atoms with Gasteiger partial charge in [-0.25, -0.2) is 14.4 Å². The fraction of sp³-hybridized carbons (Fsp3) is 0.360. The first kappa shape index (κ1) is 27.0. The normalized spacial score (nSPS) is 11.6. The summed E-state index contributed by atoms with van der Waals surface area (Å²) in [5.41, 5.74) is 0.137. The minimum atomic E-state index is -4.60. The first-order valence-corrected chi connectivity index (χ1v) is 11.4. The zero-order valence-corrected chi connectivity index (χ0v) is 20.3. The monoisotopic (exact) mass is 504 g/mol. The van der Waals surface area contributed by atoms with Gasteiger partial charge in [0.05, 0.1) is 5.56 Å². The van der Waals surface area contributed by atoms with E-state index in [1.807, 2.05) is 19.0 Å². The summed E-state index contributed by atoms with van der Waals surface area (Å²) in [6.07, 6.45) is -1.08. The molecular weight excluding hydrogens is 476 g/mol. The van der Waals surface area contributed by atoms with Crippen molar-refractivity contribution in [2.75, 3.05) is 32.5 Å². The lowest BCUT2D eigenvalue weighted by molar-refractivity contribution is -0.137. The third kappa shape index (κ3) is 7.70. The van der Waals surface area contributed by atoms with Gasteiger partial charge in [0.1, 0.15) is 17.3 Å². The van der Waals surface area contributed by atoms with E-state index in [2.05, 4.69) is 25.6 Å². The van der Waals surface area contributed by atoms with E-state index in [9.17, 15) is 22.4 Å². The smallest absolute Gasteiger partial charge is 0.366 e. The summed E-state index contributed by atoms with van der Waals surface area (Å²) in [4.78, 5) is 26.9. The largest absolute Gasteiger partial charge is 0.417 e. The molecule has 0 saturated carbocycles. The third-order valence-electron chi connectivity index (χ3n) is 5.27. The molecule has 0 radical (unpaired) electrons. The minimum Gasteiger partial charge on any atom is -0.366 e. The Morgan fingerprint density at radius 3 is 2.53 bits per heavy atom. The number of anilines is 1. The molecule has 11 heteroatoms. The van der Waals surface area contributed by atoms with Crippen molar-refractivity contribution in [2.24, 2.45) is 0 Å². The summed E-state index contributed by atoms with van der Waals surface area (Å²) < 4.78 is 53.9. The lowest BCUT2D eigenvalue weighted by Crippen LogP contribution is -2.26. The maximum atomic E-state index is 14.3. The number of aromatic nitrogens is 3. The number of nitrogens with one attached hydrogen (secondary N) is 2. The van der Waals surface area contributed by atoms with Crippen LogP contribution in [0.15, 0.2) is 42.7 Å². The highest BCUT2D eigenvalue weighted by molar-refractivity contribution is 5.93. The summed E-state index contributed by atoms with van der Waals surface area (Å²) in [5, 5.41) is 5.71. The number of hydrogen-bond acceptors (Lipinski definition) is 6. The maximum absolute atomic E-state index is 14.3. The van der Waals surface area contributed by atoms with Crippen LogP contribution in [0.1, 0.15) is 40.0 Å². The van der Waals surface area contributed by atoms with Crippen LogP contribution in [0.4, 0.5) is 23.4 Å². The van der Waals surface area contributed by atoms with Gasteiger partial charge in [0.25, 0.3) is 5.91 Å². The number of alkyl halides is 3. The van der Waals surface area contributed by atoms with E-state index in [1.165, 1.54) is 18.3 Å². The molecule has 0 unspecified atom stereocenters. The summed E-state index contributed by atoms with van der Waals surface area (Å²) in [5.74, 6) is -0.849. The molecule has 36 heavy (non-hydrogen) atoms. The van der Waals surface area contributed by atoms with Crippen LogP contribution in [0.3, 0.4) is 0 Å². The van der Waals surface area contributed by atoms with E-state index in [0.29, 0.717) is 18.3 Å². The number of carbonyl (C=O) groups is 1. The molecule has 0 aliphatic rings. The van der Waals surface area contributed by atoms with Crippen LogP contribution in [0.25, 0.3) is 11.4 Å². The molecule has 1 aromatic carbocycles. The van der Waals surface area contributed by atoms with Crippen LogP contribution >= 0.6 is 0 Å². The van der Waals surface area contributed by atoms with E-state index in [4.69, 9.17) is 0 Å². The van der Waals surface area contributed by atoms with Gasteiger partial charge >= 0.3 is 6.18 Å². The van der Waals surface area contributed by atoms with Gasteiger partial charge in [-0.05, 0) is 58.1 Å². The highest BCUT2D eigenvalue weighted by Gasteiger charge is 2.31. The lowest BCUT2D eigenvalue weighted by Gasteiger charge is -2.13. The molecule has 2 aromatic heterocycles. The second-order valence-electron chi connectivity index (χ2n) is 8.64. The number of rotatable bonds is 10. The average Bonchev–Trinajstić information content (AvgIpc) is 2.82. The van der Waals surface area contributed by atoms with E-state index in [-0.39, 0.29) is 29.4 Å². The van der Waals surface area contributed by atoms with E-state index in [1.54, 1.807) is 19.1 Å². The molecule has 0 bridgehead atoms. The van der Waals surface area contributed by atoms with Gasteiger partial charge in [0, 0.05) is 42.7 Å². The molecule has 2 N–H and O–H groups in total. The topological polar surface area (TPSA) is 83.0 Å². The fourth-order valence-electron chi connectivity index (χ4n) is 3.33. The molecule has 0 atom stereocenters. The average molecular weight is 505 g/mol.